The van der Waals surface area contributed by atoms with Crippen LogP contribution in [0.1, 0.15) is 16.1 Å². The molecule has 5 heteroatoms. The Morgan fingerprint density at radius 1 is 0.958 bits per heavy atom. The normalized spacial score (nSPS) is 10.2. The maximum absolute atomic E-state index is 12.2. The Hall–Kier alpha value is -2.66. The zero-order chi connectivity index (χ0) is 16.8. The second-order valence-electron chi connectivity index (χ2n) is 5.21. The summed E-state index contributed by atoms with van der Waals surface area (Å²) in [6.07, 6.45) is 1.66. The molecule has 0 aliphatic heterocycles. The second kappa shape index (κ2) is 7.75. The van der Waals surface area contributed by atoms with E-state index in [-0.39, 0.29) is 5.91 Å². The molecule has 4 nitrogen and oxygen atoms in total. The SMILES string of the molecule is O=C(Nc1ccccc1Br)c1ccc(NCc2ccccc2)cn1. The highest BCUT2D eigenvalue weighted by atomic mass is 79.9. The first-order chi connectivity index (χ1) is 11.7. The van der Waals surface area contributed by atoms with Crippen LogP contribution >= 0.6 is 15.9 Å². The summed E-state index contributed by atoms with van der Waals surface area (Å²) in [5.74, 6) is -0.239. The van der Waals surface area contributed by atoms with Crippen LogP contribution in [0.25, 0.3) is 0 Å². The molecule has 3 rings (SSSR count). The van der Waals surface area contributed by atoms with Gasteiger partial charge < -0.3 is 10.6 Å². The number of halogens is 1. The lowest BCUT2D eigenvalue weighted by Crippen LogP contribution is -2.14. The second-order valence-corrected chi connectivity index (χ2v) is 6.06. The lowest BCUT2D eigenvalue weighted by atomic mass is 10.2. The molecule has 120 valence electrons. The largest absolute Gasteiger partial charge is 0.380 e. The van der Waals surface area contributed by atoms with Crippen molar-refractivity contribution in [2.24, 2.45) is 0 Å². The lowest BCUT2D eigenvalue weighted by molar-refractivity contribution is 0.102. The molecule has 0 fully saturated rings. The number of hydrogen-bond acceptors (Lipinski definition) is 3. The number of anilines is 2. The first-order valence-electron chi connectivity index (χ1n) is 7.52. The third-order valence-corrected chi connectivity index (χ3v) is 4.15. The van der Waals surface area contributed by atoms with E-state index < -0.39 is 0 Å². The monoisotopic (exact) mass is 381 g/mol. The number of pyridine rings is 1. The molecular formula is C19H16BrN3O. The molecule has 0 atom stereocenters. The van der Waals surface area contributed by atoms with E-state index in [1.165, 1.54) is 5.56 Å². The molecule has 2 N–H and O–H groups in total. The molecule has 0 radical (unpaired) electrons. The van der Waals surface area contributed by atoms with Crippen LogP contribution in [0.5, 0.6) is 0 Å². The van der Waals surface area contributed by atoms with E-state index in [0.717, 1.165) is 15.8 Å². The van der Waals surface area contributed by atoms with Crippen LogP contribution in [0.4, 0.5) is 11.4 Å². The first kappa shape index (κ1) is 16.2. The number of amides is 1. The maximum atomic E-state index is 12.2. The zero-order valence-electron chi connectivity index (χ0n) is 12.9. The molecule has 24 heavy (non-hydrogen) atoms. The van der Waals surface area contributed by atoms with Crippen molar-refractivity contribution in [3.63, 3.8) is 0 Å². The highest BCUT2D eigenvalue weighted by Crippen LogP contribution is 2.21. The van der Waals surface area contributed by atoms with Gasteiger partial charge in [-0.3, -0.25) is 4.79 Å². The molecule has 3 aromatic rings. The molecule has 0 saturated carbocycles. The van der Waals surface area contributed by atoms with Crippen LogP contribution in [-0.4, -0.2) is 10.9 Å². The minimum absolute atomic E-state index is 0.239. The van der Waals surface area contributed by atoms with Crippen LogP contribution in [0.15, 0.2) is 77.4 Å². The van der Waals surface area contributed by atoms with Gasteiger partial charge in [-0.25, -0.2) is 4.98 Å². The fourth-order valence-corrected chi connectivity index (χ4v) is 2.57. The van der Waals surface area contributed by atoms with Crippen LogP contribution < -0.4 is 10.6 Å². The standard InChI is InChI=1S/C19H16BrN3O/c20-16-8-4-5-9-17(16)23-19(24)18-11-10-15(13-22-18)21-12-14-6-2-1-3-7-14/h1-11,13,21H,12H2,(H,23,24). The van der Waals surface area contributed by atoms with Gasteiger partial charge in [-0.15, -0.1) is 0 Å². The summed E-state index contributed by atoms with van der Waals surface area (Å²) < 4.78 is 0.833. The van der Waals surface area contributed by atoms with E-state index >= 15 is 0 Å². The highest BCUT2D eigenvalue weighted by Gasteiger charge is 2.09. The molecule has 1 amide bonds. The number of aromatic nitrogens is 1. The van der Waals surface area contributed by atoms with Gasteiger partial charge in [-0.2, -0.15) is 0 Å². The summed E-state index contributed by atoms with van der Waals surface area (Å²) in [6.45, 7) is 0.713. The van der Waals surface area contributed by atoms with E-state index in [9.17, 15) is 4.79 Å². The van der Waals surface area contributed by atoms with E-state index in [1.54, 1.807) is 12.3 Å². The minimum Gasteiger partial charge on any atom is -0.380 e. The molecule has 0 aliphatic rings. The molecule has 0 spiro atoms. The van der Waals surface area contributed by atoms with Gasteiger partial charge in [0.2, 0.25) is 0 Å². The molecular weight excluding hydrogens is 366 g/mol. The Morgan fingerprint density at radius 2 is 1.71 bits per heavy atom. The lowest BCUT2D eigenvalue weighted by Gasteiger charge is -2.08. The average Bonchev–Trinajstić information content (AvgIpc) is 2.63. The average molecular weight is 382 g/mol. The Labute approximate surface area is 149 Å². The van der Waals surface area contributed by atoms with Gasteiger partial charge in [-0.1, -0.05) is 42.5 Å². The van der Waals surface area contributed by atoms with E-state index in [2.05, 4.69) is 43.7 Å². The van der Waals surface area contributed by atoms with Gasteiger partial charge in [0, 0.05) is 11.0 Å². The molecule has 0 saturated heterocycles. The van der Waals surface area contributed by atoms with Crippen molar-refractivity contribution in [2.75, 3.05) is 10.6 Å². The topological polar surface area (TPSA) is 54.0 Å². The molecule has 2 aromatic carbocycles. The third-order valence-electron chi connectivity index (χ3n) is 3.46. The predicted octanol–water partition coefficient (Wildman–Crippen LogP) is 4.71. The summed E-state index contributed by atoms with van der Waals surface area (Å²) in [5, 5.41) is 6.12. The number of benzene rings is 2. The number of rotatable bonds is 5. The number of nitrogens with zero attached hydrogens (tertiary/aromatic N) is 1. The number of nitrogens with one attached hydrogen (secondary N) is 2. The van der Waals surface area contributed by atoms with E-state index in [0.29, 0.717) is 12.2 Å². The van der Waals surface area contributed by atoms with Crippen molar-refractivity contribution in [1.29, 1.82) is 0 Å². The Bertz CT molecular complexity index is 820. The van der Waals surface area contributed by atoms with Gasteiger partial charge in [0.25, 0.3) is 5.91 Å². The molecule has 0 bridgehead atoms. The predicted molar refractivity (Wildman–Crippen MR) is 100 cm³/mol. The first-order valence-corrected chi connectivity index (χ1v) is 8.31. The number of para-hydroxylation sites is 1. The third kappa shape index (κ3) is 4.20. The van der Waals surface area contributed by atoms with Gasteiger partial charge in [0.05, 0.1) is 17.6 Å². The van der Waals surface area contributed by atoms with Gasteiger partial charge in [0.1, 0.15) is 5.69 Å². The van der Waals surface area contributed by atoms with Gasteiger partial charge in [-0.05, 0) is 45.8 Å². The van der Waals surface area contributed by atoms with Crippen molar-refractivity contribution in [1.82, 2.24) is 4.98 Å². The molecule has 1 aromatic heterocycles. The van der Waals surface area contributed by atoms with Crippen LogP contribution in [0.2, 0.25) is 0 Å². The van der Waals surface area contributed by atoms with Crippen molar-refractivity contribution in [3.8, 4) is 0 Å². The van der Waals surface area contributed by atoms with E-state index in [4.69, 9.17) is 0 Å². The van der Waals surface area contributed by atoms with Gasteiger partial charge in [0.15, 0.2) is 0 Å². The summed E-state index contributed by atoms with van der Waals surface area (Å²) in [7, 11) is 0. The smallest absolute Gasteiger partial charge is 0.274 e. The quantitative estimate of drug-likeness (QED) is 0.672. The molecule has 0 aliphatic carbocycles. The number of carbonyl (C=O) groups is 1. The molecule has 0 unspecified atom stereocenters. The Kier molecular flexibility index (Phi) is 5.23. The van der Waals surface area contributed by atoms with Crippen LogP contribution in [0, 0.1) is 0 Å². The summed E-state index contributed by atoms with van der Waals surface area (Å²) >= 11 is 3.41. The van der Waals surface area contributed by atoms with Crippen LogP contribution in [-0.2, 0) is 6.54 Å². The van der Waals surface area contributed by atoms with Crippen molar-refractivity contribution < 1.29 is 4.79 Å². The van der Waals surface area contributed by atoms with Crippen molar-refractivity contribution in [3.05, 3.63) is 88.7 Å². The number of carbonyl (C=O) groups excluding carboxylic acids is 1. The zero-order valence-corrected chi connectivity index (χ0v) is 14.5. The Balaban J connectivity index is 1.61. The molecule has 1 heterocycles. The van der Waals surface area contributed by atoms with Crippen LogP contribution in [0.3, 0.4) is 0 Å². The highest BCUT2D eigenvalue weighted by molar-refractivity contribution is 9.10. The fraction of sp³-hybridized carbons (Fsp3) is 0.0526. The van der Waals surface area contributed by atoms with Gasteiger partial charge >= 0.3 is 0 Å². The minimum atomic E-state index is -0.239. The van der Waals surface area contributed by atoms with E-state index in [1.807, 2.05) is 48.5 Å². The summed E-state index contributed by atoms with van der Waals surface area (Å²) in [5.41, 5.74) is 3.15. The summed E-state index contributed by atoms with van der Waals surface area (Å²) in [4.78, 5) is 16.5. The summed E-state index contributed by atoms with van der Waals surface area (Å²) in [6, 6.07) is 21.1. The van der Waals surface area contributed by atoms with Crippen molar-refractivity contribution in [2.45, 2.75) is 6.54 Å². The fourth-order valence-electron chi connectivity index (χ4n) is 2.18. The maximum Gasteiger partial charge on any atom is 0.274 e. The van der Waals surface area contributed by atoms with Crippen molar-refractivity contribution >= 4 is 33.2 Å². The number of hydrogen-bond donors (Lipinski definition) is 2. The Morgan fingerprint density at radius 3 is 2.42 bits per heavy atom.